The molecule has 0 fully saturated rings. The van der Waals surface area contributed by atoms with Crippen molar-refractivity contribution in [2.45, 2.75) is 6.92 Å². The molecule has 0 saturated heterocycles. The predicted molar refractivity (Wildman–Crippen MR) is 51.6 cm³/mol. The second-order valence-corrected chi connectivity index (χ2v) is 2.96. The first kappa shape index (κ1) is 7.86. The summed E-state index contributed by atoms with van der Waals surface area (Å²) in [5.41, 5.74) is 7.63. The normalized spacial score (nSPS) is 10.5. The van der Waals surface area contributed by atoms with E-state index in [1.54, 1.807) is 6.07 Å². The third-order valence-electron chi connectivity index (χ3n) is 2.08. The number of anilines is 1. The second-order valence-electron chi connectivity index (χ2n) is 2.96. The molecule has 1 aromatic heterocycles. The molecule has 3 nitrogen and oxygen atoms in total. The SMILES string of the molecule is Cc1ccc2c(=O)ccoc2c1N. The molecule has 1 aromatic carbocycles. The van der Waals surface area contributed by atoms with Crippen LogP contribution in [0.25, 0.3) is 11.0 Å². The van der Waals surface area contributed by atoms with E-state index >= 15 is 0 Å². The van der Waals surface area contributed by atoms with Crippen LogP contribution in [0.1, 0.15) is 5.56 Å². The number of hydrogen-bond acceptors (Lipinski definition) is 3. The summed E-state index contributed by atoms with van der Waals surface area (Å²) in [6.45, 7) is 1.88. The summed E-state index contributed by atoms with van der Waals surface area (Å²) >= 11 is 0. The molecular formula is C10H9NO2. The van der Waals surface area contributed by atoms with Gasteiger partial charge in [0.15, 0.2) is 11.0 Å². The number of fused-ring (bicyclic) bond motifs is 1. The first-order chi connectivity index (χ1) is 6.20. The van der Waals surface area contributed by atoms with Crippen LogP contribution in [-0.4, -0.2) is 0 Å². The first-order valence-corrected chi connectivity index (χ1v) is 3.97. The van der Waals surface area contributed by atoms with Crippen molar-refractivity contribution in [3.63, 3.8) is 0 Å². The molecule has 2 N–H and O–H groups in total. The minimum atomic E-state index is -0.0621. The zero-order valence-electron chi connectivity index (χ0n) is 7.20. The summed E-state index contributed by atoms with van der Waals surface area (Å²) in [5.74, 6) is 0. The lowest BCUT2D eigenvalue weighted by atomic mass is 10.1. The number of benzene rings is 1. The highest BCUT2D eigenvalue weighted by Crippen LogP contribution is 2.21. The number of nitrogen functional groups attached to an aromatic ring is 1. The Morgan fingerprint density at radius 3 is 2.85 bits per heavy atom. The average Bonchev–Trinajstić information content (AvgIpc) is 2.12. The van der Waals surface area contributed by atoms with Gasteiger partial charge in [-0.15, -0.1) is 0 Å². The summed E-state index contributed by atoms with van der Waals surface area (Å²) in [5, 5.41) is 0.533. The molecule has 0 bridgehead atoms. The smallest absolute Gasteiger partial charge is 0.192 e. The van der Waals surface area contributed by atoms with E-state index in [0.29, 0.717) is 16.7 Å². The lowest BCUT2D eigenvalue weighted by molar-refractivity contribution is 0.603. The molecule has 3 heteroatoms. The minimum Gasteiger partial charge on any atom is -0.462 e. The maximum Gasteiger partial charge on any atom is 0.192 e. The minimum absolute atomic E-state index is 0.0621. The van der Waals surface area contributed by atoms with E-state index in [9.17, 15) is 4.79 Å². The molecule has 13 heavy (non-hydrogen) atoms. The maximum absolute atomic E-state index is 11.3. The summed E-state index contributed by atoms with van der Waals surface area (Å²) in [7, 11) is 0. The molecule has 0 saturated carbocycles. The fourth-order valence-corrected chi connectivity index (χ4v) is 1.27. The Kier molecular flexibility index (Phi) is 1.59. The number of nitrogens with two attached hydrogens (primary N) is 1. The van der Waals surface area contributed by atoms with Crippen molar-refractivity contribution in [3.8, 4) is 0 Å². The van der Waals surface area contributed by atoms with E-state index in [1.807, 2.05) is 13.0 Å². The van der Waals surface area contributed by atoms with E-state index < -0.39 is 0 Å². The van der Waals surface area contributed by atoms with Gasteiger partial charge in [0.1, 0.15) is 0 Å². The molecule has 0 aliphatic heterocycles. The molecular weight excluding hydrogens is 166 g/mol. The summed E-state index contributed by atoms with van der Waals surface area (Å²) in [6.07, 6.45) is 1.36. The quantitative estimate of drug-likeness (QED) is 0.620. The maximum atomic E-state index is 11.3. The number of aryl methyl sites for hydroxylation is 1. The van der Waals surface area contributed by atoms with Crippen molar-refractivity contribution >= 4 is 16.7 Å². The van der Waals surface area contributed by atoms with E-state index in [0.717, 1.165) is 5.56 Å². The summed E-state index contributed by atoms with van der Waals surface area (Å²) < 4.78 is 5.18. The molecule has 2 aromatic rings. The topological polar surface area (TPSA) is 56.2 Å². The zero-order valence-corrected chi connectivity index (χ0v) is 7.20. The average molecular weight is 175 g/mol. The lowest BCUT2D eigenvalue weighted by Gasteiger charge is -2.02. The fourth-order valence-electron chi connectivity index (χ4n) is 1.27. The van der Waals surface area contributed by atoms with Crippen molar-refractivity contribution in [1.82, 2.24) is 0 Å². The molecule has 0 aliphatic carbocycles. The van der Waals surface area contributed by atoms with Crippen LogP contribution in [0.15, 0.2) is 33.7 Å². The molecule has 1 heterocycles. The van der Waals surface area contributed by atoms with Crippen molar-refractivity contribution in [3.05, 3.63) is 40.2 Å². The molecule has 0 aliphatic rings. The van der Waals surface area contributed by atoms with Gasteiger partial charge >= 0.3 is 0 Å². The van der Waals surface area contributed by atoms with E-state index in [4.69, 9.17) is 10.2 Å². The molecule has 0 amide bonds. The van der Waals surface area contributed by atoms with Crippen LogP contribution in [-0.2, 0) is 0 Å². The van der Waals surface area contributed by atoms with Gasteiger partial charge in [-0.1, -0.05) is 6.07 Å². The summed E-state index contributed by atoms with van der Waals surface area (Å²) in [6, 6.07) is 4.93. The Bertz CT molecular complexity index is 514. The van der Waals surface area contributed by atoms with E-state index in [2.05, 4.69) is 0 Å². The van der Waals surface area contributed by atoms with Crippen LogP contribution in [0, 0.1) is 6.92 Å². The third-order valence-corrected chi connectivity index (χ3v) is 2.08. The Morgan fingerprint density at radius 2 is 2.08 bits per heavy atom. The van der Waals surface area contributed by atoms with Gasteiger partial charge in [-0.3, -0.25) is 4.79 Å². The Hall–Kier alpha value is -1.77. The van der Waals surface area contributed by atoms with E-state index in [-0.39, 0.29) is 5.43 Å². The van der Waals surface area contributed by atoms with Gasteiger partial charge in [0.25, 0.3) is 0 Å². The molecule has 0 spiro atoms. The molecule has 0 unspecified atom stereocenters. The monoisotopic (exact) mass is 175 g/mol. The van der Waals surface area contributed by atoms with Gasteiger partial charge in [-0.25, -0.2) is 0 Å². The van der Waals surface area contributed by atoms with Gasteiger partial charge in [0.05, 0.1) is 17.3 Å². The fraction of sp³-hybridized carbons (Fsp3) is 0.100. The van der Waals surface area contributed by atoms with Crippen LogP contribution in [0.2, 0.25) is 0 Å². The first-order valence-electron chi connectivity index (χ1n) is 3.97. The van der Waals surface area contributed by atoms with Crippen molar-refractivity contribution < 1.29 is 4.42 Å². The highest BCUT2D eigenvalue weighted by molar-refractivity contribution is 5.88. The standard InChI is InChI=1S/C10H9NO2/c1-6-2-3-7-8(12)4-5-13-10(7)9(6)11/h2-5H,11H2,1H3. The molecule has 2 rings (SSSR count). The molecule has 0 radical (unpaired) electrons. The highest BCUT2D eigenvalue weighted by Gasteiger charge is 2.04. The van der Waals surface area contributed by atoms with Crippen LogP contribution in [0.3, 0.4) is 0 Å². The molecule has 66 valence electrons. The van der Waals surface area contributed by atoms with Crippen molar-refractivity contribution in [2.24, 2.45) is 0 Å². The summed E-state index contributed by atoms with van der Waals surface area (Å²) in [4.78, 5) is 11.3. The van der Waals surface area contributed by atoms with E-state index in [1.165, 1.54) is 12.3 Å². The largest absolute Gasteiger partial charge is 0.462 e. The highest BCUT2D eigenvalue weighted by atomic mass is 16.3. The Balaban J connectivity index is 3.03. The van der Waals surface area contributed by atoms with Gasteiger partial charge in [0.2, 0.25) is 0 Å². The van der Waals surface area contributed by atoms with Crippen LogP contribution < -0.4 is 11.2 Å². The van der Waals surface area contributed by atoms with Crippen LogP contribution in [0.5, 0.6) is 0 Å². The number of rotatable bonds is 0. The van der Waals surface area contributed by atoms with Crippen molar-refractivity contribution in [1.29, 1.82) is 0 Å². The van der Waals surface area contributed by atoms with Gasteiger partial charge in [-0.05, 0) is 18.6 Å². The van der Waals surface area contributed by atoms with Gasteiger partial charge < -0.3 is 10.2 Å². The Labute approximate surface area is 74.8 Å². The molecule has 0 atom stereocenters. The number of hydrogen-bond donors (Lipinski definition) is 1. The Morgan fingerprint density at radius 1 is 1.31 bits per heavy atom. The van der Waals surface area contributed by atoms with Crippen LogP contribution >= 0.6 is 0 Å². The van der Waals surface area contributed by atoms with Crippen molar-refractivity contribution in [2.75, 3.05) is 5.73 Å². The van der Waals surface area contributed by atoms with Gasteiger partial charge in [0, 0.05) is 6.07 Å². The zero-order chi connectivity index (χ0) is 9.42. The van der Waals surface area contributed by atoms with Crippen LogP contribution in [0.4, 0.5) is 5.69 Å². The van der Waals surface area contributed by atoms with Gasteiger partial charge in [-0.2, -0.15) is 0 Å². The second kappa shape index (κ2) is 2.62. The lowest BCUT2D eigenvalue weighted by Crippen LogP contribution is -2.00. The third kappa shape index (κ3) is 1.09. The predicted octanol–water partition coefficient (Wildman–Crippen LogP) is 1.68.